The van der Waals surface area contributed by atoms with Crippen molar-refractivity contribution in [3.8, 4) is 5.75 Å². The van der Waals surface area contributed by atoms with Crippen molar-refractivity contribution in [1.29, 1.82) is 0 Å². The van der Waals surface area contributed by atoms with Gasteiger partial charge in [-0.3, -0.25) is 18.9 Å². The van der Waals surface area contributed by atoms with Crippen molar-refractivity contribution in [2.75, 3.05) is 7.11 Å². The highest BCUT2D eigenvalue weighted by molar-refractivity contribution is 6.04. The van der Waals surface area contributed by atoms with E-state index in [4.69, 9.17) is 4.74 Å². The average molecular weight is 299 g/mol. The summed E-state index contributed by atoms with van der Waals surface area (Å²) in [6, 6.07) is 5.50. The highest BCUT2D eigenvalue weighted by atomic mass is 16.5. The van der Waals surface area contributed by atoms with Crippen LogP contribution in [0, 0.1) is 0 Å². The summed E-state index contributed by atoms with van der Waals surface area (Å²) in [7, 11) is 1.57. The second-order valence-corrected chi connectivity index (χ2v) is 4.95. The van der Waals surface area contributed by atoms with E-state index in [2.05, 4.69) is 4.98 Å². The Bertz CT molecular complexity index is 986. The van der Waals surface area contributed by atoms with Crippen LogP contribution in [0.15, 0.2) is 34.0 Å². The van der Waals surface area contributed by atoms with Crippen molar-refractivity contribution >= 4 is 21.8 Å². The van der Waals surface area contributed by atoms with Crippen LogP contribution in [-0.4, -0.2) is 21.2 Å². The van der Waals surface area contributed by atoms with Gasteiger partial charge in [-0.15, -0.1) is 0 Å². The Morgan fingerprint density at radius 3 is 2.45 bits per heavy atom. The Hall–Kier alpha value is -2.63. The van der Waals surface area contributed by atoms with Gasteiger partial charge in [0.2, 0.25) is 0 Å². The number of hydrogen-bond acceptors (Lipinski definition) is 4. The average Bonchev–Trinajstić information content (AvgIpc) is 2.54. The highest BCUT2D eigenvalue weighted by Gasteiger charge is 2.15. The molecule has 0 aliphatic heterocycles. The summed E-state index contributed by atoms with van der Waals surface area (Å²) >= 11 is 0. The fraction of sp³-hybridized carbons (Fsp3) is 0.312. The molecule has 3 aromatic rings. The topological polar surface area (TPSA) is 66.1 Å². The first-order valence-electron chi connectivity index (χ1n) is 7.23. The molecule has 2 heterocycles. The van der Waals surface area contributed by atoms with E-state index in [0.29, 0.717) is 35.3 Å². The minimum absolute atomic E-state index is 0.294. The van der Waals surface area contributed by atoms with Crippen LogP contribution in [0.25, 0.3) is 21.8 Å². The zero-order chi connectivity index (χ0) is 15.9. The van der Waals surface area contributed by atoms with Crippen molar-refractivity contribution in [1.82, 2.24) is 14.1 Å². The molecule has 0 N–H and O–H groups in total. The molecule has 22 heavy (non-hydrogen) atoms. The number of methoxy groups -OCH3 is 1. The molecular weight excluding hydrogens is 282 g/mol. The SMILES string of the molecule is CCn1c(=O)c2cnc3c(OC)cccc3c2n(CC)c1=O. The van der Waals surface area contributed by atoms with Crippen LogP contribution >= 0.6 is 0 Å². The molecule has 0 spiro atoms. The molecule has 0 atom stereocenters. The van der Waals surface area contributed by atoms with Crippen molar-refractivity contribution in [2.45, 2.75) is 26.9 Å². The van der Waals surface area contributed by atoms with Crippen molar-refractivity contribution in [3.05, 3.63) is 45.2 Å². The molecule has 114 valence electrons. The number of aryl methyl sites for hydroxylation is 1. The number of nitrogens with zero attached hydrogens (tertiary/aromatic N) is 3. The second-order valence-electron chi connectivity index (χ2n) is 4.95. The molecule has 3 rings (SSSR count). The van der Waals surface area contributed by atoms with E-state index >= 15 is 0 Å². The largest absolute Gasteiger partial charge is 0.494 e. The molecule has 2 aromatic heterocycles. The molecule has 0 aliphatic carbocycles. The van der Waals surface area contributed by atoms with Crippen LogP contribution in [-0.2, 0) is 13.1 Å². The number of hydrogen-bond donors (Lipinski definition) is 0. The molecule has 0 unspecified atom stereocenters. The van der Waals surface area contributed by atoms with Gasteiger partial charge in [-0.05, 0) is 19.9 Å². The third kappa shape index (κ3) is 1.83. The summed E-state index contributed by atoms with van der Waals surface area (Å²) in [6.07, 6.45) is 1.53. The lowest BCUT2D eigenvalue weighted by molar-refractivity contribution is 0.419. The Morgan fingerprint density at radius 2 is 1.82 bits per heavy atom. The van der Waals surface area contributed by atoms with Crippen LogP contribution in [0.5, 0.6) is 5.75 Å². The number of pyridine rings is 1. The van der Waals surface area contributed by atoms with E-state index < -0.39 is 0 Å². The van der Waals surface area contributed by atoms with Gasteiger partial charge in [-0.25, -0.2) is 4.79 Å². The monoisotopic (exact) mass is 299 g/mol. The van der Waals surface area contributed by atoms with Gasteiger partial charge in [0, 0.05) is 24.7 Å². The summed E-state index contributed by atoms with van der Waals surface area (Å²) in [5.74, 6) is 0.620. The van der Waals surface area contributed by atoms with Crippen LogP contribution in [0.3, 0.4) is 0 Å². The maximum absolute atomic E-state index is 12.5. The number of ether oxygens (including phenoxy) is 1. The molecule has 6 heteroatoms. The number of aromatic nitrogens is 3. The summed E-state index contributed by atoms with van der Waals surface area (Å²) in [4.78, 5) is 29.4. The molecule has 6 nitrogen and oxygen atoms in total. The molecule has 1 aromatic carbocycles. The van der Waals surface area contributed by atoms with Gasteiger partial charge in [0.1, 0.15) is 11.3 Å². The summed E-state index contributed by atoms with van der Waals surface area (Å²) in [6.45, 7) is 4.49. The van der Waals surface area contributed by atoms with Crippen LogP contribution < -0.4 is 16.0 Å². The van der Waals surface area contributed by atoms with Crippen LogP contribution in [0.1, 0.15) is 13.8 Å². The lowest BCUT2D eigenvalue weighted by Crippen LogP contribution is -2.39. The molecule has 0 saturated heterocycles. The summed E-state index contributed by atoms with van der Waals surface area (Å²) < 4.78 is 8.17. The van der Waals surface area contributed by atoms with Gasteiger partial charge >= 0.3 is 5.69 Å². The second kappa shape index (κ2) is 5.29. The van der Waals surface area contributed by atoms with Gasteiger partial charge in [-0.2, -0.15) is 0 Å². The zero-order valence-corrected chi connectivity index (χ0v) is 12.8. The number of benzene rings is 1. The first-order chi connectivity index (χ1) is 10.6. The number of rotatable bonds is 3. The van der Waals surface area contributed by atoms with Gasteiger partial charge in [0.05, 0.1) is 18.0 Å². The van der Waals surface area contributed by atoms with Crippen molar-refractivity contribution in [2.24, 2.45) is 0 Å². The number of fused-ring (bicyclic) bond motifs is 3. The van der Waals surface area contributed by atoms with Gasteiger partial charge in [0.25, 0.3) is 5.56 Å². The van der Waals surface area contributed by atoms with E-state index in [-0.39, 0.29) is 11.2 Å². The van der Waals surface area contributed by atoms with E-state index in [1.54, 1.807) is 18.6 Å². The quantitative estimate of drug-likeness (QED) is 0.691. The third-order valence-electron chi connectivity index (χ3n) is 3.89. The van der Waals surface area contributed by atoms with E-state index in [9.17, 15) is 9.59 Å². The first-order valence-corrected chi connectivity index (χ1v) is 7.23. The first kappa shape index (κ1) is 14.3. The van der Waals surface area contributed by atoms with E-state index in [0.717, 1.165) is 5.39 Å². The van der Waals surface area contributed by atoms with E-state index in [1.807, 2.05) is 25.1 Å². The minimum atomic E-state index is -0.301. The van der Waals surface area contributed by atoms with Gasteiger partial charge < -0.3 is 4.74 Å². The Balaban J connectivity index is 2.65. The fourth-order valence-corrected chi connectivity index (χ4v) is 2.84. The Kier molecular flexibility index (Phi) is 3.44. The molecule has 0 fully saturated rings. The lowest BCUT2D eigenvalue weighted by atomic mass is 10.1. The zero-order valence-electron chi connectivity index (χ0n) is 12.8. The lowest BCUT2D eigenvalue weighted by Gasteiger charge is -2.14. The maximum Gasteiger partial charge on any atom is 0.331 e. The Labute approximate surface area is 126 Å². The summed E-state index contributed by atoms with van der Waals surface area (Å²) in [5, 5.41) is 1.19. The predicted molar refractivity (Wildman–Crippen MR) is 85.7 cm³/mol. The molecular formula is C16H17N3O3. The highest BCUT2D eigenvalue weighted by Crippen LogP contribution is 2.27. The fourth-order valence-electron chi connectivity index (χ4n) is 2.84. The standard InChI is InChI=1S/C16H17N3O3/c1-4-18-14-10-7-6-8-12(22-3)13(10)17-9-11(14)15(20)19(5-2)16(18)21/h6-9H,4-5H2,1-3H3. The molecule has 0 aliphatic rings. The molecule has 0 radical (unpaired) electrons. The third-order valence-corrected chi connectivity index (χ3v) is 3.89. The minimum Gasteiger partial charge on any atom is -0.494 e. The van der Waals surface area contributed by atoms with Crippen LogP contribution in [0.2, 0.25) is 0 Å². The smallest absolute Gasteiger partial charge is 0.331 e. The van der Waals surface area contributed by atoms with E-state index in [1.165, 1.54) is 10.8 Å². The van der Waals surface area contributed by atoms with Gasteiger partial charge in [-0.1, -0.05) is 12.1 Å². The van der Waals surface area contributed by atoms with Crippen molar-refractivity contribution < 1.29 is 4.74 Å². The predicted octanol–water partition coefficient (Wildman–Crippen LogP) is 1.76. The molecule has 0 saturated carbocycles. The van der Waals surface area contributed by atoms with Crippen molar-refractivity contribution in [3.63, 3.8) is 0 Å². The Morgan fingerprint density at radius 1 is 1.09 bits per heavy atom. The molecule has 0 amide bonds. The number of para-hydroxylation sites is 1. The van der Waals surface area contributed by atoms with Gasteiger partial charge in [0.15, 0.2) is 0 Å². The van der Waals surface area contributed by atoms with Crippen LogP contribution in [0.4, 0.5) is 0 Å². The maximum atomic E-state index is 12.5. The molecule has 0 bridgehead atoms. The normalized spacial score (nSPS) is 11.2. The summed E-state index contributed by atoms with van der Waals surface area (Å²) in [5.41, 5.74) is 0.668.